The maximum atomic E-state index is 13.9. The van der Waals surface area contributed by atoms with Crippen molar-refractivity contribution < 1.29 is 48.7 Å². The van der Waals surface area contributed by atoms with E-state index in [1.54, 1.807) is 0 Å². The summed E-state index contributed by atoms with van der Waals surface area (Å²) in [6.45, 7) is 3.02. The number of carbonyl (C=O) groups excluding carboxylic acids is 1. The fourth-order valence-corrected chi connectivity index (χ4v) is 2.42. The molecule has 0 fully saturated rings. The predicted molar refractivity (Wildman–Crippen MR) is 82.9 cm³/mol. The third-order valence-corrected chi connectivity index (χ3v) is 3.89. The number of hydrogen-bond donors (Lipinski definition) is 1. The SMILES string of the molecule is CC(C)NC(CC(=O)C(F)(F)C(F)(F)C(F)(F)[C@@H](F)C(F)(F)F)c1ccccc1. The van der Waals surface area contributed by atoms with E-state index in [1.807, 2.05) is 0 Å². The Morgan fingerprint density at radius 2 is 1.41 bits per heavy atom. The van der Waals surface area contributed by atoms with Gasteiger partial charge in [0.25, 0.3) is 6.17 Å². The summed E-state index contributed by atoms with van der Waals surface area (Å²) >= 11 is 0. The van der Waals surface area contributed by atoms with Gasteiger partial charge in [-0.2, -0.15) is 39.5 Å². The zero-order valence-electron chi connectivity index (χ0n) is 15.0. The van der Waals surface area contributed by atoms with Crippen molar-refractivity contribution in [2.45, 2.75) is 62.5 Å². The number of ketones is 1. The Bertz CT molecular complexity index is 687. The van der Waals surface area contributed by atoms with Gasteiger partial charge in [0.15, 0.2) is 0 Å². The Balaban J connectivity index is 3.23. The number of hydrogen-bond acceptors (Lipinski definition) is 2. The van der Waals surface area contributed by atoms with Gasteiger partial charge < -0.3 is 5.32 Å². The molecule has 0 saturated carbocycles. The van der Waals surface area contributed by atoms with E-state index >= 15 is 0 Å². The molecule has 1 rings (SSSR count). The lowest BCUT2D eigenvalue weighted by Crippen LogP contribution is -2.64. The van der Waals surface area contributed by atoms with Gasteiger partial charge in [-0.05, 0) is 5.56 Å². The first-order chi connectivity index (χ1) is 13.0. The third-order valence-electron chi connectivity index (χ3n) is 3.89. The molecule has 2 atom stereocenters. The minimum atomic E-state index is -6.93. The summed E-state index contributed by atoms with van der Waals surface area (Å²) in [6, 6.07) is 5.23. The van der Waals surface area contributed by atoms with E-state index in [4.69, 9.17) is 0 Å². The number of carbonyl (C=O) groups is 1. The Labute approximate surface area is 159 Å². The van der Waals surface area contributed by atoms with Gasteiger partial charge >= 0.3 is 23.9 Å². The Hall–Kier alpha value is -1.85. The van der Waals surface area contributed by atoms with Crippen LogP contribution < -0.4 is 5.32 Å². The fourth-order valence-electron chi connectivity index (χ4n) is 2.42. The molecule has 0 saturated heterocycles. The minimum Gasteiger partial charge on any atom is -0.307 e. The first-order valence-corrected chi connectivity index (χ1v) is 8.14. The molecule has 1 aromatic carbocycles. The van der Waals surface area contributed by atoms with Crippen LogP contribution in [0.2, 0.25) is 0 Å². The number of benzene rings is 1. The van der Waals surface area contributed by atoms with Gasteiger partial charge in [-0.15, -0.1) is 0 Å². The van der Waals surface area contributed by atoms with Crippen LogP contribution in [0.4, 0.5) is 43.9 Å². The van der Waals surface area contributed by atoms with Crippen molar-refractivity contribution >= 4 is 5.78 Å². The molecule has 0 aliphatic rings. The number of halogens is 10. The summed E-state index contributed by atoms with van der Waals surface area (Å²) in [5.41, 5.74) is 0.166. The molecule has 0 amide bonds. The van der Waals surface area contributed by atoms with Gasteiger partial charge in [-0.3, -0.25) is 4.79 Å². The molecule has 166 valence electrons. The molecule has 0 bridgehead atoms. The maximum absolute atomic E-state index is 13.9. The van der Waals surface area contributed by atoms with E-state index in [1.165, 1.54) is 44.2 Å². The second-order valence-corrected chi connectivity index (χ2v) is 6.59. The van der Waals surface area contributed by atoms with Crippen LogP contribution in [0.15, 0.2) is 30.3 Å². The molecule has 0 heterocycles. The second-order valence-electron chi connectivity index (χ2n) is 6.59. The van der Waals surface area contributed by atoms with E-state index in [-0.39, 0.29) is 5.56 Å². The van der Waals surface area contributed by atoms with Crippen molar-refractivity contribution in [1.29, 1.82) is 0 Å². The monoisotopic (exact) mass is 441 g/mol. The van der Waals surface area contributed by atoms with Crippen LogP contribution in [0.3, 0.4) is 0 Å². The number of rotatable bonds is 9. The number of Topliss-reactive ketones (excluding diaryl/α,β-unsaturated/α-hetero) is 1. The molecule has 0 aliphatic carbocycles. The highest BCUT2D eigenvalue weighted by Crippen LogP contribution is 2.52. The van der Waals surface area contributed by atoms with Crippen molar-refractivity contribution in [1.82, 2.24) is 5.32 Å². The molecule has 0 aromatic heterocycles. The summed E-state index contributed by atoms with van der Waals surface area (Å²) < 4.78 is 131. The molecule has 1 unspecified atom stereocenters. The van der Waals surface area contributed by atoms with Crippen molar-refractivity contribution in [3.63, 3.8) is 0 Å². The fraction of sp³-hybridized carbons (Fsp3) is 0.588. The van der Waals surface area contributed by atoms with Crippen LogP contribution in [-0.2, 0) is 4.79 Å². The van der Waals surface area contributed by atoms with Crippen LogP contribution in [-0.4, -0.2) is 41.9 Å². The normalized spacial score (nSPS) is 16.0. The summed E-state index contributed by atoms with van der Waals surface area (Å²) in [5, 5.41) is 2.60. The zero-order chi connectivity index (χ0) is 22.8. The van der Waals surface area contributed by atoms with Crippen LogP contribution in [0, 0.1) is 0 Å². The van der Waals surface area contributed by atoms with Gasteiger partial charge in [0.1, 0.15) is 0 Å². The lowest BCUT2D eigenvalue weighted by Gasteiger charge is -2.34. The van der Waals surface area contributed by atoms with E-state index in [9.17, 15) is 48.7 Å². The van der Waals surface area contributed by atoms with Crippen LogP contribution in [0.1, 0.15) is 31.9 Å². The quantitative estimate of drug-likeness (QED) is 0.514. The first-order valence-electron chi connectivity index (χ1n) is 8.14. The molecule has 29 heavy (non-hydrogen) atoms. The lowest BCUT2D eigenvalue weighted by molar-refractivity contribution is -0.347. The number of alkyl halides is 10. The first kappa shape index (κ1) is 25.2. The van der Waals surface area contributed by atoms with Gasteiger partial charge in [0.2, 0.25) is 5.78 Å². The van der Waals surface area contributed by atoms with E-state index < -0.39 is 54.4 Å². The molecule has 2 nitrogen and oxygen atoms in total. The average molecular weight is 441 g/mol. The zero-order valence-corrected chi connectivity index (χ0v) is 15.0. The highest BCUT2D eigenvalue weighted by atomic mass is 19.4. The van der Waals surface area contributed by atoms with E-state index in [2.05, 4.69) is 5.32 Å². The molecular weight excluding hydrogens is 424 g/mol. The van der Waals surface area contributed by atoms with Gasteiger partial charge in [0.05, 0.1) is 0 Å². The molecule has 0 aliphatic heterocycles. The smallest absolute Gasteiger partial charge is 0.307 e. The molecule has 12 heteroatoms. The Morgan fingerprint density at radius 3 is 1.83 bits per heavy atom. The van der Waals surface area contributed by atoms with Crippen molar-refractivity contribution in [2.75, 3.05) is 0 Å². The molecule has 0 radical (unpaired) electrons. The summed E-state index contributed by atoms with van der Waals surface area (Å²) in [7, 11) is 0. The van der Waals surface area contributed by atoms with Gasteiger partial charge in [-0.25, -0.2) is 4.39 Å². The lowest BCUT2D eigenvalue weighted by atomic mass is 9.92. The summed E-state index contributed by atoms with van der Waals surface area (Å²) in [6.07, 6.45) is -13.6. The topological polar surface area (TPSA) is 29.1 Å². The third kappa shape index (κ3) is 5.20. The van der Waals surface area contributed by atoms with Crippen LogP contribution in [0.5, 0.6) is 0 Å². The summed E-state index contributed by atoms with van der Waals surface area (Å²) in [5.74, 6) is -22.8. The van der Waals surface area contributed by atoms with Crippen molar-refractivity contribution in [3.05, 3.63) is 35.9 Å². The Morgan fingerprint density at radius 1 is 0.931 bits per heavy atom. The van der Waals surface area contributed by atoms with Gasteiger partial charge in [0, 0.05) is 18.5 Å². The molecule has 0 spiro atoms. The average Bonchev–Trinajstić information content (AvgIpc) is 2.59. The Kier molecular flexibility index (Phi) is 7.37. The van der Waals surface area contributed by atoms with Crippen LogP contribution in [0.25, 0.3) is 0 Å². The maximum Gasteiger partial charge on any atom is 0.425 e. The number of nitrogens with one attached hydrogen (secondary N) is 1. The van der Waals surface area contributed by atoms with E-state index in [0.717, 1.165) is 0 Å². The second kappa shape index (κ2) is 8.49. The highest BCUT2D eigenvalue weighted by Gasteiger charge is 2.80. The predicted octanol–water partition coefficient (Wildman–Crippen LogP) is 5.49. The van der Waals surface area contributed by atoms with Gasteiger partial charge in [-0.1, -0.05) is 44.2 Å². The van der Waals surface area contributed by atoms with Crippen LogP contribution >= 0.6 is 0 Å². The largest absolute Gasteiger partial charge is 0.425 e. The molecule has 1 N–H and O–H groups in total. The van der Waals surface area contributed by atoms with Crippen molar-refractivity contribution in [3.8, 4) is 0 Å². The highest BCUT2D eigenvalue weighted by molar-refractivity contribution is 5.87. The summed E-state index contributed by atoms with van der Waals surface area (Å²) in [4.78, 5) is 11.8. The molecule has 1 aromatic rings. The molecular formula is C17H17F10NO. The van der Waals surface area contributed by atoms with E-state index in [0.29, 0.717) is 0 Å². The van der Waals surface area contributed by atoms with Crippen molar-refractivity contribution in [2.24, 2.45) is 0 Å². The standard InChI is InChI=1S/C17H17F10NO/c1-9(2)28-11(10-6-4-3-5-7-10)8-12(29)14(19,20)17(26,27)15(21,22)13(18)16(23,24)25/h3-7,9,11,13,28H,8H2,1-2H3/t11?,13-/m1/s1. The minimum absolute atomic E-state index is 0.166.